The fourth-order valence-electron chi connectivity index (χ4n) is 3.11. The second-order valence-corrected chi connectivity index (χ2v) is 7.86. The van der Waals surface area contributed by atoms with Crippen molar-refractivity contribution in [3.8, 4) is 0 Å². The Morgan fingerprint density at radius 3 is 2.61 bits per heavy atom. The summed E-state index contributed by atoms with van der Waals surface area (Å²) in [4.78, 5) is 23.5. The molecule has 0 amide bonds. The Morgan fingerprint density at radius 1 is 1.14 bits per heavy atom. The van der Waals surface area contributed by atoms with Crippen LogP contribution in [0.4, 0.5) is 5.95 Å². The normalized spacial score (nSPS) is 15.6. The van der Waals surface area contributed by atoms with Crippen LogP contribution in [0.25, 0.3) is 0 Å². The molecule has 28 heavy (non-hydrogen) atoms. The number of hydrogen-bond donors (Lipinski definition) is 2. The zero-order chi connectivity index (χ0) is 19.6. The van der Waals surface area contributed by atoms with Gasteiger partial charge in [0.2, 0.25) is 5.95 Å². The summed E-state index contributed by atoms with van der Waals surface area (Å²) >= 11 is 1.76. The molecular formula is C19H30N8S. The van der Waals surface area contributed by atoms with E-state index < -0.39 is 0 Å². The maximum Gasteiger partial charge on any atom is 0.225 e. The number of aliphatic imine (C=N–C) groups is 1. The molecule has 1 aliphatic heterocycles. The van der Waals surface area contributed by atoms with E-state index in [1.165, 1.54) is 4.88 Å². The largest absolute Gasteiger partial charge is 0.356 e. The summed E-state index contributed by atoms with van der Waals surface area (Å²) in [6, 6.07) is 1.86. The van der Waals surface area contributed by atoms with Crippen LogP contribution < -0.4 is 15.5 Å². The summed E-state index contributed by atoms with van der Waals surface area (Å²) in [5, 5.41) is 7.83. The lowest BCUT2D eigenvalue weighted by Crippen LogP contribution is -2.47. The molecule has 1 fully saturated rings. The Kier molecular flexibility index (Phi) is 7.98. The predicted molar refractivity (Wildman–Crippen MR) is 115 cm³/mol. The summed E-state index contributed by atoms with van der Waals surface area (Å²) in [6.07, 6.45) is 7.69. The van der Waals surface area contributed by atoms with Crippen molar-refractivity contribution in [3.05, 3.63) is 34.5 Å². The fraction of sp³-hybridized carbons (Fsp3) is 0.579. The summed E-state index contributed by atoms with van der Waals surface area (Å²) in [5.74, 6) is 1.67. The van der Waals surface area contributed by atoms with E-state index in [0.29, 0.717) is 6.54 Å². The average Bonchev–Trinajstić information content (AvgIpc) is 3.22. The smallest absolute Gasteiger partial charge is 0.225 e. The van der Waals surface area contributed by atoms with Crippen molar-refractivity contribution in [3.63, 3.8) is 0 Å². The number of rotatable bonds is 8. The van der Waals surface area contributed by atoms with Crippen molar-refractivity contribution in [1.82, 2.24) is 30.5 Å². The highest BCUT2D eigenvalue weighted by molar-refractivity contribution is 7.11. The third-order valence-electron chi connectivity index (χ3n) is 4.73. The monoisotopic (exact) mass is 402 g/mol. The van der Waals surface area contributed by atoms with Crippen LogP contribution in [0.15, 0.2) is 29.6 Å². The Morgan fingerprint density at radius 2 is 1.93 bits per heavy atom. The molecule has 2 N–H and O–H groups in total. The van der Waals surface area contributed by atoms with Crippen molar-refractivity contribution < 1.29 is 0 Å². The first-order valence-electron chi connectivity index (χ1n) is 9.91. The highest BCUT2D eigenvalue weighted by atomic mass is 32.1. The molecule has 152 valence electrons. The van der Waals surface area contributed by atoms with E-state index in [2.05, 4.69) is 47.3 Å². The number of anilines is 1. The number of thiazole rings is 1. The van der Waals surface area contributed by atoms with Crippen LogP contribution in [-0.4, -0.2) is 72.1 Å². The summed E-state index contributed by atoms with van der Waals surface area (Å²) in [6.45, 7) is 8.92. The molecule has 0 aromatic carbocycles. The van der Waals surface area contributed by atoms with Gasteiger partial charge in [0.15, 0.2) is 5.96 Å². The number of piperazine rings is 1. The minimum Gasteiger partial charge on any atom is -0.356 e. The van der Waals surface area contributed by atoms with Gasteiger partial charge >= 0.3 is 0 Å². The van der Waals surface area contributed by atoms with Gasteiger partial charge in [-0.3, -0.25) is 9.89 Å². The Bertz CT molecular complexity index is 725. The molecule has 0 bridgehead atoms. The van der Waals surface area contributed by atoms with Gasteiger partial charge in [0, 0.05) is 63.2 Å². The summed E-state index contributed by atoms with van der Waals surface area (Å²) < 4.78 is 0. The van der Waals surface area contributed by atoms with Crippen LogP contribution in [0.5, 0.6) is 0 Å². The van der Waals surface area contributed by atoms with E-state index in [1.54, 1.807) is 30.8 Å². The van der Waals surface area contributed by atoms with Crippen molar-refractivity contribution in [2.75, 3.05) is 51.2 Å². The minimum atomic E-state index is 0.716. The first-order valence-corrected chi connectivity index (χ1v) is 10.7. The molecule has 1 aliphatic rings. The van der Waals surface area contributed by atoms with E-state index in [9.17, 15) is 0 Å². The highest BCUT2D eigenvalue weighted by Crippen LogP contribution is 2.12. The molecule has 0 saturated carbocycles. The van der Waals surface area contributed by atoms with E-state index in [-0.39, 0.29) is 0 Å². The van der Waals surface area contributed by atoms with E-state index >= 15 is 0 Å². The molecule has 2 aromatic rings. The zero-order valence-electron chi connectivity index (χ0n) is 16.8. The molecule has 0 radical (unpaired) electrons. The van der Waals surface area contributed by atoms with Gasteiger partial charge in [-0.05, 0) is 25.5 Å². The van der Waals surface area contributed by atoms with E-state index in [1.807, 2.05) is 12.3 Å². The molecule has 1 saturated heterocycles. The average molecular weight is 403 g/mol. The van der Waals surface area contributed by atoms with Crippen molar-refractivity contribution in [2.24, 2.45) is 4.99 Å². The standard InChI is InChI=1S/C19H30N8S/c1-3-16-14-24-17(28-16)15-25-18(20-2)21-8-5-9-26-10-12-27(13-11-26)19-22-6-4-7-23-19/h4,6-7,14H,3,5,8-13,15H2,1-2H3,(H2,20,21,25). The third-order valence-corrected chi connectivity index (χ3v) is 5.87. The molecule has 0 aliphatic carbocycles. The summed E-state index contributed by atoms with van der Waals surface area (Å²) in [5.41, 5.74) is 0. The SMILES string of the molecule is CCc1cnc(CNC(=NC)NCCCN2CCN(c3ncccn3)CC2)s1. The van der Waals surface area contributed by atoms with Crippen LogP contribution >= 0.6 is 11.3 Å². The third kappa shape index (κ3) is 6.13. The van der Waals surface area contributed by atoms with Gasteiger partial charge in [-0.2, -0.15) is 0 Å². The Hall–Kier alpha value is -2.26. The predicted octanol–water partition coefficient (Wildman–Crippen LogP) is 1.37. The van der Waals surface area contributed by atoms with E-state index in [4.69, 9.17) is 0 Å². The number of nitrogens with one attached hydrogen (secondary N) is 2. The minimum absolute atomic E-state index is 0.716. The van der Waals surface area contributed by atoms with Gasteiger partial charge < -0.3 is 15.5 Å². The zero-order valence-corrected chi connectivity index (χ0v) is 17.6. The molecule has 2 aromatic heterocycles. The number of nitrogens with zero attached hydrogens (tertiary/aromatic N) is 6. The second kappa shape index (κ2) is 10.9. The van der Waals surface area contributed by atoms with Crippen molar-refractivity contribution >= 4 is 23.2 Å². The maximum absolute atomic E-state index is 4.43. The van der Waals surface area contributed by atoms with Gasteiger partial charge in [0.25, 0.3) is 0 Å². The second-order valence-electron chi connectivity index (χ2n) is 6.66. The first kappa shape index (κ1) is 20.5. The molecule has 3 heterocycles. The van der Waals surface area contributed by atoms with Crippen molar-refractivity contribution in [1.29, 1.82) is 0 Å². The molecule has 3 rings (SSSR count). The summed E-state index contributed by atoms with van der Waals surface area (Å²) in [7, 11) is 1.81. The van der Waals surface area contributed by atoms with Crippen LogP contribution in [0, 0.1) is 0 Å². The van der Waals surface area contributed by atoms with Crippen molar-refractivity contribution in [2.45, 2.75) is 26.3 Å². The molecular weight excluding hydrogens is 372 g/mol. The highest BCUT2D eigenvalue weighted by Gasteiger charge is 2.18. The van der Waals surface area contributed by atoms with Crippen LogP contribution in [0.3, 0.4) is 0 Å². The van der Waals surface area contributed by atoms with Gasteiger partial charge in [-0.1, -0.05) is 6.92 Å². The van der Waals surface area contributed by atoms with Crippen LogP contribution in [0.1, 0.15) is 23.2 Å². The Balaban J connectivity index is 1.29. The van der Waals surface area contributed by atoms with E-state index in [0.717, 1.165) is 69.0 Å². The maximum atomic E-state index is 4.43. The molecule has 0 atom stereocenters. The lowest BCUT2D eigenvalue weighted by atomic mass is 10.3. The van der Waals surface area contributed by atoms with Gasteiger partial charge in [0.1, 0.15) is 5.01 Å². The topological polar surface area (TPSA) is 81.6 Å². The van der Waals surface area contributed by atoms with Crippen LogP contribution in [-0.2, 0) is 13.0 Å². The van der Waals surface area contributed by atoms with Crippen LogP contribution in [0.2, 0.25) is 0 Å². The quantitative estimate of drug-likeness (QED) is 0.392. The fourth-order valence-corrected chi connectivity index (χ4v) is 3.91. The first-order chi connectivity index (χ1) is 13.8. The molecule has 9 heteroatoms. The molecule has 0 spiro atoms. The lowest BCUT2D eigenvalue weighted by Gasteiger charge is -2.34. The number of guanidine groups is 1. The lowest BCUT2D eigenvalue weighted by molar-refractivity contribution is 0.254. The van der Waals surface area contributed by atoms with Gasteiger partial charge in [-0.15, -0.1) is 11.3 Å². The molecule has 0 unspecified atom stereocenters. The van der Waals surface area contributed by atoms with Gasteiger partial charge in [0.05, 0.1) is 6.54 Å². The number of aryl methyl sites for hydroxylation is 1. The Labute approximate surface area is 171 Å². The number of hydrogen-bond acceptors (Lipinski definition) is 7. The number of aromatic nitrogens is 3. The molecule has 8 nitrogen and oxygen atoms in total. The van der Waals surface area contributed by atoms with Gasteiger partial charge in [-0.25, -0.2) is 15.0 Å².